The summed E-state index contributed by atoms with van der Waals surface area (Å²) < 4.78 is 41.0. The summed E-state index contributed by atoms with van der Waals surface area (Å²) >= 11 is 0. The van der Waals surface area contributed by atoms with E-state index in [2.05, 4.69) is 10.6 Å². The van der Waals surface area contributed by atoms with Crippen molar-refractivity contribution in [2.45, 2.75) is 57.0 Å². The molecule has 0 aromatic heterocycles. The number of ether oxygens (including phenoxy) is 2. The summed E-state index contributed by atoms with van der Waals surface area (Å²) in [7, 11) is 0. The van der Waals surface area contributed by atoms with Gasteiger partial charge in [0.1, 0.15) is 17.4 Å². The number of rotatable bonds is 4. The number of piperidine rings is 1. The lowest BCUT2D eigenvalue weighted by atomic mass is 9.89. The highest BCUT2D eigenvalue weighted by Crippen LogP contribution is 2.40. The lowest BCUT2D eigenvalue weighted by Gasteiger charge is -2.47. The van der Waals surface area contributed by atoms with E-state index in [4.69, 9.17) is 19.4 Å². The number of hydrogen-bond acceptors (Lipinski definition) is 5. The average Bonchev–Trinajstić information content (AvgIpc) is 2.77. The molecule has 0 radical (unpaired) electrons. The maximum Gasteiger partial charge on any atom is 0.213 e. The van der Waals surface area contributed by atoms with Gasteiger partial charge in [-0.15, -0.1) is 0 Å². The number of aliphatic hydroxyl groups is 1. The number of primary amides is 1. The molecule has 33 heavy (non-hydrogen) atoms. The largest absolute Gasteiger partial charge is 0.462 e. The number of benzene rings is 2. The van der Waals surface area contributed by atoms with Crippen molar-refractivity contribution < 1.29 is 28.2 Å². The van der Waals surface area contributed by atoms with E-state index in [1.807, 2.05) is 18.2 Å². The quantitative estimate of drug-likeness (QED) is 0.682. The minimum atomic E-state index is -0.638. The molecule has 0 bridgehead atoms. The molecule has 2 aromatic carbocycles. The number of carbonyl (C=O) groups is 1. The van der Waals surface area contributed by atoms with Crippen LogP contribution < -0.4 is 10.5 Å². The molecule has 2 heterocycles. The average molecular weight is 461 g/mol. The van der Waals surface area contributed by atoms with Gasteiger partial charge in [0, 0.05) is 56.1 Å². The zero-order chi connectivity index (χ0) is 23.4. The topological polar surface area (TPSA) is 85.0 Å². The second-order valence-corrected chi connectivity index (χ2v) is 8.77. The van der Waals surface area contributed by atoms with Crippen LogP contribution in [0.4, 0.5) is 8.78 Å². The Kier molecular flexibility index (Phi) is 7.26. The van der Waals surface area contributed by atoms with E-state index >= 15 is 0 Å². The number of nitrogens with two attached hydrogens (primary N) is 1. The van der Waals surface area contributed by atoms with Crippen LogP contribution in [0.15, 0.2) is 30.3 Å². The molecule has 1 saturated heterocycles. The molecule has 3 aliphatic rings. The third kappa shape index (κ3) is 5.03. The summed E-state index contributed by atoms with van der Waals surface area (Å²) in [6, 6.07) is 8.97. The third-order valence-corrected chi connectivity index (χ3v) is 6.83. The summed E-state index contributed by atoms with van der Waals surface area (Å²) in [5, 5.41) is 8.99. The second kappa shape index (κ2) is 10.2. The Morgan fingerprint density at radius 1 is 1.12 bits per heavy atom. The van der Waals surface area contributed by atoms with Crippen molar-refractivity contribution in [1.29, 1.82) is 0 Å². The summed E-state index contributed by atoms with van der Waals surface area (Å²) in [5.41, 5.74) is 6.15. The van der Waals surface area contributed by atoms with Gasteiger partial charge < -0.3 is 20.3 Å². The summed E-state index contributed by atoms with van der Waals surface area (Å²) in [5.74, 6) is -1.04. The minimum absolute atomic E-state index is 0.0376. The van der Waals surface area contributed by atoms with Crippen LogP contribution in [0.25, 0.3) is 11.1 Å². The highest BCUT2D eigenvalue weighted by Gasteiger charge is 2.42. The molecule has 2 aromatic rings. The maximum absolute atomic E-state index is 14.3. The first-order chi connectivity index (χ1) is 16.0. The van der Waals surface area contributed by atoms with Crippen molar-refractivity contribution in [1.82, 2.24) is 4.90 Å². The fourth-order valence-corrected chi connectivity index (χ4v) is 4.76. The van der Waals surface area contributed by atoms with Gasteiger partial charge in [0.2, 0.25) is 12.2 Å². The SMILES string of the molecule is NC=O.OCCc1c(F)cc(-c2ccc3c(c2)COC2(CCN(C4CCC4)CC2)O3)cc1F. The van der Waals surface area contributed by atoms with Crippen LogP contribution in [0.5, 0.6) is 5.75 Å². The monoisotopic (exact) mass is 460 g/mol. The molecule has 1 spiro atoms. The van der Waals surface area contributed by atoms with Gasteiger partial charge in [0.25, 0.3) is 0 Å². The van der Waals surface area contributed by atoms with Gasteiger partial charge in [0.05, 0.1) is 6.61 Å². The van der Waals surface area contributed by atoms with E-state index < -0.39 is 17.4 Å². The molecule has 0 unspecified atom stereocenters. The zero-order valence-corrected chi connectivity index (χ0v) is 18.6. The molecule has 2 aliphatic heterocycles. The fourth-order valence-electron chi connectivity index (χ4n) is 4.76. The van der Waals surface area contributed by atoms with Crippen molar-refractivity contribution in [2.24, 2.45) is 5.73 Å². The first-order valence-electron chi connectivity index (χ1n) is 11.4. The van der Waals surface area contributed by atoms with E-state index in [1.54, 1.807) is 0 Å². The van der Waals surface area contributed by atoms with Gasteiger partial charge in [-0.1, -0.05) is 12.5 Å². The van der Waals surface area contributed by atoms with Crippen LogP contribution in [-0.4, -0.2) is 47.9 Å². The Balaban J connectivity index is 0.000000821. The molecular weight excluding hydrogens is 430 g/mol. The Hall–Kier alpha value is -2.55. The molecule has 5 rings (SSSR count). The van der Waals surface area contributed by atoms with E-state index in [9.17, 15) is 8.78 Å². The molecule has 1 amide bonds. The van der Waals surface area contributed by atoms with Gasteiger partial charge in [-0.25, -0.2) is 8.78 Å². The van der Waals surface area contributed by atoms with Gasteiger partial charge in [0.15, 0.2) is 0 Å². The smallest absolute Gasteiger partial charge is 0.213 e. The van der Waals surface area contributed by atoms with Crippen molar-refractivity contribution in [2.75, 3.05) is 19.7 Å². The summed E-state index contributed by atoms with van der Waals surface area (Å²) in [4.78, 5) is 11.1. The van der Waals surface area contributed by atoms with Crippen LogP contribution in [0, 0.1) is 11.6 Å². The molecular formula is C25H30F2N2O4. The lowest BCUT2D eigenvalue weighted by molar-refractivity contribution is -0.231. The Labute approximate surface area is 192 Å². The fraction of sp³-hybridized carbons (Fsp3) is 0.480. The second-order valence-electron chi connectivity index (χ2n) is 8.77. The van der Waals surface area contributed by atoms with Crippen LogP contribution in [0.1, 0.15) is 43.2 Å². The number of nitrogens with zero attached hydrogens (tertiary/aromatic N) is 1. The van der Waals surface area contributed by atoms with Crippen LogP contribution in [0.2, 0.25) is 0 Å². The number of halogens is 2. The lowest BCUT2D eigenvalue weighted by Crippen LogP contribution is -2.54. The van der Waals surface area contributed by atoms with E-state index in [-0.39, 0.29) is 25.0 Å². The maximum atomic E-state index is 14.3. The molecule has 8 heteroatoms. The predicted molar refractivity (Wildman–Crippen MR) is 119 cm³/mol. The molecule has 3 N–H and O–H groups in total. The molecule has 1 aliphatic carbocycles. The zero-order valence-electron chi connectivity index (χ0n) is 18.6. The van der Waals surface area contributed by atoms with E-state index in [0.717, 1.165) is 43.3 Å². The number of fused-ring (bicyclic) bond motifs is 1. The van der Waals surface area contributed by atoms with E-state index in [0.29, 0.717) is 17.7 Å². The van der Waals surface area contributed by atoms with Crippen LogP contribution in [0.3, 0.4) is 0 Å². The normalized spacial score (nSPS) is 19.6. The van der Waals surface area contributed by atoms with Crippen LogP contribution in [-0.2, 0) is 22.6 Å². The molecule has 2 fully saturated rings. The molecule has 178 valence electrons. The Bertz CT molecular complexity index is 965. The van der Waals surface area contributed by atoms with Gasteiger partial charge in [-0.05, 0) is 48.2 Å². The Morgan fingerprint density at radius 2 is 1.79 bits per heavy atom. The van der Waals surface area contributed by atoms with Gasteiger partial charge >= 0.3 is 0 Å². The number of aliphatic hydroxyl groups excluding tert-OH is 1. The number of amides is 1. The molecule has 6 nitrogen and oxygen atoms in total. The number of carbonyl (C=O) groups excluding carboxylic acids is 1. The van der Waals surface area contributed by atoms with Crippen molar-refractivity contribution in [3.05, 3.63) is 53.1 Å². The minimum Gasteiger partial charge on any atom is -0.462 e. The first kappa shape index (κ1) is 23.6. The van der Waals surface area contributed by atoms with Gasteiger partial charge in [-0.2, -0.15) is 0 Å². The molecule has 1 saturated carbocycles. The van der Waals surface area contributed by atoms with Gasteiger partial charge in [-0.3, -0.25) is 9.69 Å². The van der Waals surface area contributed by atoms with Crippen LogP contribution >= 0.6 is 0 Å². The Morgan fingerprint density at radius 3 is 2.36 bits per heavy atom. The highest BCUT2D eigenvalue weighted by molar-refractivity contribution is 5.66. The predicted octanol–water partition coefficient (Wildman–Crippen LogP) is 3.52. The van der Waals surface area contributed by atoms with Crippen molar-refractivity contribution in [3.8, 4) is 16.9 Å². The summed E-state index contributed by atoms with van der Waals surface area (Å²) in [6.07, 6.45) is 5.88. The number of hydrogen-bond donors (Lipinski definition) is 2. The standard InChI is InChI=1S/C24H27F2NO3.CH3NO/c25-21-13-17(14-22(26)20(21)6-11-28)16-4-5-23-18(12-16)15-29-24(30-23)7-9-27(10-8-24)19-2-1-3-19;2-1-3/h4-5,12-14,19,28H,1-3,6-11,15H2;1H,(H2,2,3). The number of likely N-dealkylation sites (tertiary alicyclic amines) is 1. The van der Waals surface area contributed by atoms with Crippen molar-refractivity contribution >= 4 is 6.41 Å². The molecule has 0 atom stereocenters. The summed E-state index contributed by atoms with van der Waals surface area (Å²) in [6.45, 7) is 2.13. The third-order valence-electron chi connectivity index (χ3n) is 6.83. The van der Waals surface area contributed by atoms with E-state index in [1.165, 1.54) is 31.4 Å². The first-order valence-corrected chi connectivity index (χ1v) is 11.4. The highest BCUT2D eigenvalue weighted by atomic mass is 19.1. The van der Waals surface area contributed by atoms with Crippen molar-refractivity contribution in [3.63, 3.8) is 0 Å².